The van der Waals surface area contributed by atoms with E-state index in [1.165, 1.54) is 40.8 Å². The summed E-state index contributed by atoms with van der Waals surface area (Å²) in [4.78, 5) is 38.4. The molecule has 0 unspecified atom stereocenters. The van der Waals surface area contributed by atoms with Crippen LogP contribution in [-0.2, 0) is 13.1 Å². The number of aromatic nitrogens is 3. The number of nitrogens with one attached hydrogen (secondary N) is 2. The van der Waals surface area contributed by atoms with E-state index in [4.69, 9.17) is 0 Å². The molecular formula is C19H19FN6O2S. The Labute approximate surface area is 170 Å². The molecule has 0 saturated heterocycles. The summed E-state index contributed by atoms with van der Waals surface area (Å²) < 4.78 is 13.2. The van der Waals surface area contributed by atoms with E-state index in [0.29, 0.717) is 27.8 Å². The summed E-state index contributed by atoms with van der Waals surface area (Å²) >= 11 is 1.25. The van der Waals surface area contributed by atoms with Crippen molar-refractivity contribution in [3.63, 3.8) is 0 Å². The van der Waals surface area contributed by atoms with Gasteiger partial charge < -0.3 is 10.2 Å². The molecule has 0 aliphatic heterocycles. The number of nitrogens with zero attached hydrogens (tertiary/aromatic N) is 4. The second-order valence-corrected chi connectivity index (χ2v) is 7.09. The molecule has 0 saturated carbocycles. The molecule has 1 aromatic carbocycles. The first-order valence-electron chi connectivity index (χ1n) is 8.69. The van der Waals surface area contributed by atoms with Crippen molar-refractivity contribution < 1.29 is 14.0 Å². The minimum Gasteiger partial charge on any atom is -0.334 e. The van der Waals surface area contributed by atoms with Crippen LogP contribution in [0.4, 0.5) is 14.3 Å². The van der Waals surface area contributed by atoms with Crippen molar-refractivity contribution in [1.29, 1.82) is 0 Å². The van der Waals surface area contributed by atoms with E-state index in [1.807, 2.05) is 0 Å². The van der Waals surface area contributed by atoms with E-state index in [0.717, 1.165) is 0 Å². The molecule has 3 aromatic rings. The lowest BCUT2D eigenvalue weighted by Gasteiger charge is -2.15. The van der Waals surface area contributed by atoms with Crippen LogP contribution in [0.3, 0.4) is 0 Å². The van der Waals surface area contributed by atoms with Gasteiger partial charge in [-0.2, -0.15) is 0 Å². The number of carbonyl (C=O) groups excluding carboxylic acids is 2. The third kappa shape index (κ3) is 5.55. The molecule has 10 heteroatoms. The van der Waals surface area contributed by atoms with E-state index < -0.39 is 6.03 Å². The number of rotatable bonds is 6. The van der Waals surface area contributed by atoms with Crippen LogP contribution in [0, 0.1) is 12.7 Å². The highest BCUT2D eigenvalue weighted by molar-refractivity contribution is 7.13. The van der Waals surface area contributed by atoms with Crippen LogP contribution in [-0.4, -0.2) is 38.8 Å². The highest BCUT2D eigenvalue weighted by Crippen LogP contribution is 2.17. The van der Waals surface area contributed by atoms with Crippen LogP contribution in [0.2, 0.25) is 0 Å². The minimum atomic E-state index is -0.449. The lowest BCUT2D eigenvalue weighted by atomic mass is 10.2. The molecule has 150 valence electrons. The highest BCUT2D eigenvalue weighted by Gasteiger charge is 2.17. The second-order valence-electron chi connectivity index (χ2n) is 6.23. The van der Waals surface area contributed by atoms with Crippen LogP contribution < -0.4 is 10.6 Å². The Hall–Kier alpha value is -3.40. The molecular weight excluding hydrogens is 395 g/mol. The minimum absolute atomic E-state index is 0.191. The summed E-state index contributed by atoms with van der Waals surface area (Å²) in [6.07, 6.45) is 3.01. The number of anilines is 1. The summed E-state index contributed by atoms with van der Waals surface area (Å²) in [5.41, 5.74) is 2.13. The van der Waals surface area contributed by atoms with E-state index in [-0.39, 0.29) is 24.8 Å². The van der Waals surface area contributed by atoms with E-state index >= 15 is 0 Å². The Morgan fingerprint density at radius 1 is 1.24 bits per heavy atom. The lowest BCUT2D eigenvalue weighted by molar-refractivity contribution is 0.0776. The molecule has 0 aliphatic carbocycles. The van der Waals surface area contributed by atoms with E-state index in [1.54, 1.807) is 31.5 Å². The number of hydrogen-bond donors (Lipinski definition) is 2. The van der Waals surface area contributed by atoms with Crippen molar-refractivity contribution in [2.45, 2.75) is 20.0 Å². The SMILES string of the molecule is Cc1nccnc1C(=O)N(C)Cc1csc(NC(=O)NCc2cccc(F)c2)n1. The van der Waals surface area contributed by atoms with Crippen molar-refractivity contribution >= 4 is 28.4 Å². The summed E-state index contributed by atoms with van der Waals surface area (Å²) in [6.45, 7) is 2.18. The molecule has 3 rings (SSSR count). The van der Waals surface area contributed by atoms with Crippen LogP contribution in [0.5, 0.6) is 0 Å². The van der Waals surface area contributed by atoms with Crippen molar-refractivity contribution in [3.05, 3.63) is 70.5 Å². The largest absolute Gasteiger partial charge is 0.334 e. The third-order valence-electron chi connectivity index (χ3n) is 3.94. The monoisotopic (exact) mass is 414 g/mol. The number of urea groups is 1. The molecule has 29 heavy (non-hydrogen) atoms. The highest BCUT2D eigenvalue weighted by atomic mass is 32.1. The molecule has 0 atom stereocenters. The van der Waals surface area contributed by atoms with Crippen molar-refractivity contribution in [3.8, 4) is 0 Å². The van der Waals surface area contributed by atoms with Gasteiger partial charge >= 0.3 is 6.03 Å². The number of amides is 3. The van der Waals surface area contributed by atoms with Gasteiger partial charge in [0.05, 0.1) is 17.9 Å². The van der Waals surface area contributed by atoms with E-state index in [2.05, 4.69) is 25.6 Å². The lowest BCUT2D eigenvalue weighted by Crippen LogP contribution is -2.29. The van der Waals surface area contributed by atoms with Gasteiger partial charge in [-0.3, -0.25) is 15.1 Å². The molecule has 0 bridgehead atoms. The molecule has 8 nitrogen and oxygen atoms in total. The van der Waals surface area contributed by atoms with Gasteiger partial charge in [0, 0.05) is 31.4 Å². The first-order valence-corrected chi connectivity index (χ1v) is 9.57. The molecule has 0 aliphatic rings. The number of aryl methyl sites for hydroxylation is 1. The number of carbonyl (C=O) groups is 2. The maximum Gasteiger partial charge on any atom is 0.321 e. The van der Waals surface area contributed by atoms with Gasteiger partial charge in [-0.15, -0.1) is 11.3 Å². The smallest absolute Gasteiger partial charge is 0.321 e. The van der Waals surface area contributed by atoms with Crippen LogP contribution in [0.15, 0.2) is 42.0 Å². The fourth-order valence-corrected chi connectivity index (χ4v) is 3.22. The van der Waals surface area contributed by atoms with Gasteiger partial charge in [0.15, 0.2) is 5.13 Å². The number of thiazole rings is 1. The molecule has 0 spiro atoms. The number of halogens is 1. The average molecular weight is 414 g/mol. The maximum atomic E-state index is 13.2. The predicted octanol–water partition coefficient (Wildman–Crippen LogP) is 2.97. The molecule has 2 heterocycles. The zero-order chi connectivity index (χ0) is 20.8. The van der Waals surface area contributed by atoms with Crippen LogP contribution >= 0.6 is 11.3 Å². The molecule has 3 amide bonds. The van der Waals surface area contributed by atoms with E-state index in [9.17, 15) is 14.0 Å². The Morgan fingerprint density at radius 2 is 2.03 bits per heavy atom. The van der Waals surface area contributed by atoms with Crippen molar-refractivity contribution in [2.75, 3.05) is 12.4 Å². The van der Waals surface area contributed by atoms with Gasteiger partial charge in [0.1, 0.15) is 11.5 Å². The third-order valence-corrected chi connectivity index (χ3v) is 4.75. The topological polar surface area (TPSA) is 100 Å². The fourth-order valence-electron chi connectivity index (χ4n) is 2.52. The van der Waals surface area contributed by atoms with Crippen LogP contribution in [0.25, 0.3) is 0 Å². The Kier molecular flexibility index (Phi) is 6.45. The normalized spacial score (nSPS) is 10.4. The summed E-state index contributed by atoms with van der Waals surface area (Å²) in [5, 5.41) is 7.43. The molecule has 2 N–H and O–H groups in total. The number of benzene rings is 1. The fraction of sp³-hybridized carbons (Fsp3) is 0.211. The van der Waals surface area contributed by atoms with Crippen LogP contribution in [0.1, 0.15) is 27.4 Å². The Balaban J connectivity index is 1.53. The van der Waals surface area contributed by atoms with Crippen molar-refractivity contribution in [2.24, 2.45) is 0 Å². The van der Waals surface area contributed by atoms with Gasteiger partial charge in [-0.25, -0.2) is 19.2 Å². The first-order chi connectivity index (χ1) is 13.9. The molecule has 0 radical (unpaired) electrons. The zero-order valence-corrected chi connectivity index (χ0v) is 16.7. The van der Waals surface area contributed by atoms with Crippen molar-refractivity contribution in [1.82, 2.24) is 25.2 Å². The number of hydrogen-bond acceptors (Lipinski definition) is 6. The maximum absolute atomic E-state index is 13.2. The Bertz CT molecular complexity index is 1030. The van der Waals surface area contributed by atoms with Gasteiger partial charge in [0.25, 0.3) is 5.91 Å². The summed E-state index contributed by atoms with van der Waals surface area (Å²) in [6, 6.07) is 5.55. The average Bonchev–Trinajstić information content (AvgIpc) is 3.13. The standard InChI is InChI=1S/C19H19FN6O2S/c1-12-16(22-7-6-21-12)17(27)26(2)10-15-11-29-19(24-15)25-18(28)23-9-13-4-3-5-14(20)8-13/h3-8,11H,9-10H2,1-2H3,(H2,23,24,25,28). The Morgan fingerprint density at radius 3 is 2.79 bits per heavy atom. The zero-order valence-electron chi connectivity index (χ0n) is 15.8. The molecule has 2 aromatic heterocycles. The summed E-state index contributed by atoms with van der Waals surface area (Å²) in [7, 11) is 1.65. The predicted molar refractivity (Wildman–Crippen MR) is 107 cm³/mol. The quantitative estimate of drug-likeness (QED) is 0.646. The van der Waals surface area contributed by atoms with Gasteiger partial charge in [-0.1, -0.05) is 12.1 Å². The molecule has 0 fully saturated rings. The van der Waals surface area contributed by atoms with Gasteiger partial charge in [0.2, 0.25) is 0 Å². The second kappa shape index (κ2) is 9.20. The summed E-state index contributed by atoms with van der Waals surface area (Å²) in [5.74, 6) is -0.615. The van der Waals surface area contributed by atoms with Gasteiger partial charge in [-0.05, 0) is 24.6 Å². The first kappa shape index (κ1) is 20.3.